The normalized spacial score (nSPS) is 12.6. The fraction of sp³-hybridized carbons (Fsp3) is 1.00. The van der Waals surface area contributed by atoms with Crippen molar-refractivity contribution in [2.75, 3.05) is 26.8 Å². The van der Waals surface area contributed by atoms with E-state index >= 15 is 0 Å². The molecule has 0 heterocycles. The van der Waals surface area contributed by atoms with Crippen molar-refractivity contribution in [1.29, 1.82) is 0 Å². The van der Waals surface area contributed by atoms with Gasteiger partial charge in [-0.2, -0.15) is 13.2 Å². The van der Waals surface area contributed by atoms with E-state index in [4.69, 9.17) is 0 Å². The van der Waals surface area contributed by atoms with Crippen LogP contribution in [0.25, 0.3) is 0 Å². The standard InChI is InChI=1S/C5H9F4N/c1-10(3-2-6)4-5(7,8)9/h2-4H2,1H3. The molecule has 0 N–H and O–H groups in total. The highest BCUT2D eigenvalue weighted by molar-refractivity contribution is 4.57. The average molecular weight is 159 g/mol. The van der Waals surface area contributed by atoms with Crippen molar-refractivity contribution < 1.29 is 17.6 Å². The summed E-state index contributed by atoms with van der Waals surface area (Å²) in [5, 5.41) is 0. The predicted octanol–water partition coefficient (Wildman–Crippen LogP) is 1.45. The van der Waals surface area contributed by atoms with Crippen molar-refractivity contribution in [3.8, 4) is 0 Å². The van der Waals surface area contributed by atoms with Crippen LogP contribution in [0, 0.1) is 0 Å². The number of nitrogens with zero attached hydrogens (tertiary/aromatic N) is 1. The molecule has 0 amide bonds. The van der Waals surface area contributed by atoms with Gasteiger partial charge in [0.05, 0.1) is 6.54 Å². The lowest BCUT2D eigenvalue weighted by Crippen LogP contribution is -2.32. The van der Waals surface area contributed by atoms with Crippen LogP contribution in [-0.2, 0) is 0 Å². The zero-order valence-corrected chi connectivity index (χ0v) is 5.58. The van der Waals surface area contributed by atoms with Crippen LogP contribution in [-0.4, -0.2) is 37.9 Å². The topological polar surface area (TPSA) is 3.24 Å². The molecule has 0 rings (SSSR count). The van der Waals surface area contributed by atoms with E-state index in [9.17, 15) is 17.6 Å². The first-order chi connectivity index (χ1) is 4.45. The minimum absolute atomic E-state index is 0.167. The van der Waals surface area contributed by atoms with E-state index in [0.29, 0.717) is 0 Å². The predicted molar refractivity (Wildman–Crippen MR) is 29.5 cm³/mol. The summed E-state index contributed by atoms with van der Waals surface area (Å²) in [6.07, 6.45) is -4.22. The Balaban J connectivity index is 3.47. The van der Waals surface area contributed by atoms with Gasteiger partial charge in [-0.3, -0.25) is 4.90 Å². The van der Waals surface area contributed by atoms with E-state index in [-0.39, 0.29) is 6.54 Å². The molecule has 5 heteroatoms. The van der Waals surface area contributed by atoms with Crippen LogP contribution in [0.15, 0.2) is 0 Å². The molecule has 0 aliphatic rings. The van der Waals surface area contributed by atoms with E-state index < -0.39 is 19.4 Å². The van der Waals surface area contributed by atoms with Gasteiger partial charge in [0.1, 0.15) is 6.67 Å². The highest BCUT2D eigenvalue weighted by Gasteiger charge is 2.28. The second-order valence-electron chi connectivity index (χ2n) is 2.04. The summed E-state index contributed by atoms with van der Waals surface area (Å²) < 4.78 is 45.8. The number of halogens is 4. The molecule has 0 unspecified atom stereocenters. The molecular formula is C5H9F4N. The average Bonchev–Trinajstić information content (AvgIpc) is 1.59. The number of hydrogen-bond donors (Lipinski definition) is 0. The Kier molecular flexibility index (Phi) is 3.63. The van der Waals surface area contributed by atoms with Crippen molar-refractivity contribution in [3.05, 3.63) is 0 Å². The van der Waals surface area contributed by atoms with Gasteiger partial charge in [0.25, 0.3) is 0 Å². The van der Waals surface area contributed by atoms with Gasteiger partial charge in [0.2, 0.25) is 0 Å². The first-order valence-electron chi connectivity index (χ1n) is 2.77. The summed E-state index contributed by atoms with van der Waals surface area (Å²) in [5.74, 6) is 0. The lowest BCUT2D eigenvalue weighted by atomic mass is 10.5. The number of hydrogen-bond acceptors (Lipinski definition) is 1. The second kappa shape index (κ2) is 3.75. The molecule has 0 aliphatic heterocycles. The van der Waals surface area contributed by atoms with Gasteiger partial charge in [0, 0.05) is 6.54 Å². The van der Waals surface area contributed by atoms with Crippen molar-refractivity contribution >= 4 is 0 Å². The number of rotatable bonds is 3. The minimum Gasteiger partial charge on any atom is -0.295 e. The van der Waals surface area contributed by atoms with Gasteiger partial charge < -0.3 is 0 Å². The van der Waals surface area contributed by atoms with E-state index in [0.717, 1.165) is 4.90 Å². The molecule has 0 aromatic rings. The molecule has 0 radical (unpaired) electrons. The fourth-order valence-corrected chi connectivity index (χ4v) is 0.529. The molecule has 0 aliphatic carbocycles. The molecule has 0 saturated heterocycles. The molecule has 0 aromatic heterocycles. The van der Waals surface area contributed by atoms with Crippen molar-refractivity contribution in [1.82, 2.24) is 4.90 Å². The van der Waals surface area contributed by atoms with Crippen molar-refractivity contribution in [3.63, 3.8) is 0 Å². The molecule has 10 heavy (non-hydrogen) atoms. The Morgan fingerprint density at radius 2 is 1.80 bits per heavy atom. The van der Waals surface area contributed by atoms with Gasteiger partial charge in [-0.05, 0) is 7.05 Å². The van der Waals surface area contributed by atoms with E-state index in [2.05, 4.69) is 0 Å². The van der Waals surface area contributed by atoms with Crippen LogP contribution < -0.4 is 0 Å². The molecule has 0 fully saturated rings. The Morgan fingerprint density at radius 1 is 1.30 bits per heavy atom. The lowest BCUT2D eigenvalue weighted by Gasteiger charge is -2.15. The quantitative estimate of drug-likeness (QED) is 0.563. The third-order valence-electron chi connectivity index (χ3n) is 0.915. The molecule has 1 nitrogen and oxygen atoms in total. The molecule has 62 valence electrons. The molecule has 0 atom stereocenters. The minimum atomic E-state index is -4.22. The second-order valence-corrected chi connectivity index (χ2v) is 2.04. The summed E-state index contributed by atoms with van der Waals surface area (Å²) in [4.78, 5) is 0.889. The summed E-state index contributed by atoms with van der Waals surface area (Å²) in [7, 11) is 1.23. The van der Waals surface area contributed by atoms with E-state index in [1.165, 1.54) is 7.05 Å². The Morgan fingerprint density at radius 3 is 2.10 bits per heavy atom. The van der Waals surface area contributed by atoms with Crippen molar-refractivity contribution in [2.45, 2.75) is 6.18 Å². The zero-order valence-electron chi connectivity index (χ0n) is 5.58. The van der Waals surface area contributed by atoms with Crippen LogP contribution in [0.3, 0.4) is 0 Å². The first-order valence-corrected chi connectivity index (χ1v) is 2.77. The van der Waals surface area contributed by atoms with Gasteiger partial charge in [-0.15, -0.1) is 0 Å². The largest absolute Gasteiger partial charge is 0.401 e. The molecule has 0 spiro atoms. The van der Waals surface area contributed by atoms with Crippen LogP contribution in [0.4, 0.5) is 17.6 Å². The van der Waals surface area contributed by atoms with Crippen LogP contribution in [0.1, 0.15) is 0 Å². The maximum Gasteiger partial charge on any atom is 0.401 e. The summed E-state index contributed by atoms with van der Waals surface area (Å²) in [6, 6.07) is 0. The molecule has 0 aromatic carbocycles. The molecule has 0 bridgehead atoms. The Bertz CT molecular complexity index is 90.1. The fourth-order valence-electron chi connectivity index (χ4n) is 0.529. The lowest BCUT2D eigenvalue weighted by molar-refractivity contribution is -0.143. The SMILES string of the molecule is CN(CCF)CC(F)(F)F. The highest BCUT2D eigenvalue weighted by Crippen LogP contribution is 2.14. The van der Waals surface area contributed by atoms with E-state index in [1.807, 2.05) is 0 Å². The van der Waals surface area contributed by atoms with Gasteiger partial charge in [-0.1, -0.05) is 0 Å². The van der Waals surface area contributed by atoms with Crippen LogP contribution >= 0.6 is 0 Å². The zero-order chi connectivity index (χ0) is 8.20. The van der Waals surface area contributed by atoms with Crippen molar-refractivity contribution in [2.24, 2.45) is 0 Å². The smallest absolute Gasteiger partial charge is 0.295 e. The van der Waals surface area contributed by atoms with Gasteiger partial charge in [0.15, 0.2) is 0 Å². The van der Waals surface area contributed by atoms with Gasteiger partial charge in [-0.25, -0.2) is 4.39 Å². The van der Waals surface area contributed by atoms with Crippen LogP contribution in [0.2, 0.25) is 0 Å². The Labute approximate surface area is 56.6 Å². The van der Waals surface area contributed by atoms with E-state index in [1.54, 1.807) is 0 Å². The summed E-state index contributed by atoms with van der Waals surface area (Å²) >= 11 is 0. The van der Waals surface area contributed by atoms with Crippen LogP contribution in [0.5, 0.6) is 0 Å². The first kappa shape index (κ1) is 9.68. The third kappa shape index (κ3) is 5.81. The molecule has 0 saturated carbocycles. The summed E-state index contributed by atoms with van der Waals surface area (Å²) in [5.41, 5.74) is 0. The summed E-state index contributed by atoms with van der Waals surface area (Å²) in [6.45, 7) is -1.96. The molecular weight excluding hydrogens is 150 g/mol. The number of alkyl halides is 4. The maximum absolute atomic E-state index is 11.5. The Hall–Kier alpha value is -0.320. The monoisotopic (exact) mass is 159 g/mol. The highest BCUT2D eigenvalue weighted by atomic mass is 19.4. The maximum atomic E-state index is 11.5. The third-order valence-corrected chi connectivity index (χ3v) is 0.915. The van der Waals surface area contributed by atoms with Gasteiger partial charge >= 0.3 is 6.18 Å².